The monoisotopic (exact) mass is 496 g/mol. The molecule has 0 aromatic heterocycles. The van der Waals surface area contributed by atoms with Gasteiger partial charge in [0.1, 0.15) is 11.8 Å². The van der Waals surface area contributed by atoms with E-state index in [1.165, 1.54) is 0 Å². The molecule has 0 radical (unpaired) electrons. The molecule has 0 N–H and O–H groups in total. The van der Waals surface area contributed by atoms with Crippen LogP contribution in [0.2, 0.25) is 19.6 Å². The molecule has 7 nitrogen and oxygen atoms in total. The van der Waals surface area contributed by atoms with Gasteiger partial charge in [0.2, 0.25) is 5.91 Å². The number of amides is 2. The lowest BCUT2D eigenvalue weighted by Gasteiger charge is -2.54. The van der Waals surface area contributed by atoms with E-state index in [4.69, 9.17) is 13.9 Å². The first-order valence-electron chi connectivity index (χ1n) is 12.2. The first kappa shape index (κ1) is 25.4. The van der Waals surface area contributed by atoms with Crippen molar-refractivity contribution in [1.82, 2.24) is 9.80 Å². The van der Waals surface area contributed by atoms with Crippen molar-refractivity contribution in [2.75, 3.05) is 14.2 Å². The molecule has 2 bridgehead atoms. The molecule has 5 rings (SSSR count). The molecule has 3 aliphatic rings. The topological polar surface area (TPSA) is 68.3 Å². The number of hydrogen-bond acceptors (Lipinski definition) is 5. The summed E-state index contributed by atoms with van der Waals surface area (Å²) in [4.78, 5) is 31.7. The number of carbonyl (C=O) groups is 2. The molecule has 0 spiro atoms. The second kappa shape index (κ2) is 10.1. The van der Waals surface area contributed by atoms with E-state index in [1.54, 1.807) is 24.0 Å². The van der Waals surface area contributed by atoms with Gasteiger partial charge in [-0.2, -0.15) is 0 Å². The lowest BCUT2D eigenvalue weighted by Crippen LogP contribution is -2.73. The Hall–Kier alpha value is -2.68. The maximum absolute atomic E-state index is 14.2. The molecule has 2 amide bonds. The van der Waals surface area contributed by atoms with Gasteiger partial charge in [-0.1, -0.05) is 42.5 Å². The molecule has 0 unspecified atom stereocenters. The average Bonchev–Trinajstić information content (AvgIpc) is 2.83. The van der Waals surface area contributed by atoms with Crippen LogP contribution in [0.3, 0.4) is 0 Å². The van der Waals surface area contributed by atoms with Crippen molar-refractivity contribution in [3.8, 4) is 5.75 Å². The van der Waals surface area contributed by atoms with E-state index in [0.29, 0.717) is 25.9 Å². The summed E-state index contributed by atoms with van der Waals surface area (Å²) in [6.45, 7) is 6.94. The summed E-state index contributed by atoms with van der Waals surface area (Å²) in [5.41, 5.74) is 1.92. The number of benzene rings is 2. The zero-order valence-corrected chi connectivity index (χ0v) is 22.3. The molecule has 0 aliphatic carbocycles. The van der Waals surface area contributed by atoms with Crippen LogP contribution in [-0.4, -0.2) is 62.0 Å². The van der Waals surface area contributed by atoms with Crippen LogP contribution in [0.15, 0.2) is 54.6 Å². The molecule has 8 heteroatoms. The van der Waals surface area contributed by atoms with E-state index < -0.39 is 26.2 Å². The second-order valence-electron chi connectivity index (χ2n) is 10.3. The van der Waals surface area contributed by atoms with E-state index in [2.05, 4.69) is 19.6 Å². The molecule has 3 saturated heterocycles. The Morgan fingerprint density at radius 3 is 2.11 bits per heavy atom. The van der Waals surface area contributed by atoms with Crippen LogP contribution >= 0.6 is 0 Å². The average molecular weight is 497 g/mol. The first-order valence-corrected chi connectivity index (χ1v) is 15.6. The second-order valence-corrected chi connectivity index (χ2v) is 14.7. The highest BCUT2D eigenvalue weighted by molar-refractivity contribution is 6.69. The predicted molar refractivity (Wildman–Crippen MR) is 136 cm³/mol. The molecule has 188 valence electrons. The molecule has 3 atom stereocenters. The molecule has 3 aliphatic heterocycles. The van der Waals surface area contributed by atoms with E-state index in [1.807, 2.05) is 54.6 Å². The number of rotatable bonds is 8. The third-order valence-electron chi connectivity index (χ3n) is 6.72. The van der Waals surface area contributed by atoms with Gasteiger partial charge >= 0.3 is 0 Å². The molecular formula is C27H36N2O5Si. The number of nitrogens with zero attached hydrogens (tertiary/aromatic N) is 2. The van der Waals surface area contributed by atoms with Gasteiger partial charge in [-0.15, -0.1) is 0 Å². The van der Waals surface area contributed by atoms with Gasteiger partial charge in [0.05, 0.1) is 7.11 Å². The number of carbonyl (C=O) groups excluding carboxylic acids is 2. The smallest absolute Gasteiger partial charge is 0.251 e. The maximum Gasteiger partial charge on any atom is 0.251 e. The van der Waals surface area contributed by atoms with Crippen molar-refractivity contribution < 1.29 is 23.5 Å². The Morgan fingerprint density at radius 1 is 0.886 bits per heavy atom. The Kier molecular flexibility index (Phi) is 7.35. The fourth-order valence-corrected chi connectivity index (χ4v) is 6.56. The van der Waals surface area contributed by atoms with Crippen LogP contribution in [0.25, 0.3) is 0 Å². The van der Waals surface area contributed by atoms with Gasteiger partial charge in [-0.3, -0.25) is 9.59 Å². The van der Waals surface area contributed by atoms with Crippen LogP contribution in [-0.2, 0) is 31.8 Å². The number of methoxy groups -OCH3 is 2. The van der Waals surface area contributed by atoms with Gasteiger partial charge < -0.3 is 23.7 Å². The van der Waals surface area contributed by atoms with E-state index in [-0.39, 0.29) is 11.8 Å². The summed E-state index contributed by atoms with van der Waals surface area (Å²) in [7, 11) is 1.07. The minimum absolute atomic E-state index is 0.0540. The van der Waals surface area contributed by atoms with Crippen molar-refractivity contribution in [1.29, 1.82) is 0 Å². The quantitative estimate of drug-likeness (QED) is 0.405. The zero-order valence-electron chi connectivity index (χ0n) is 21.3. The standard InChI is InChI=1S/C27H36N2O5Si/c1-32-22-15-13-21(14-16-22)19-29-24-26(31)28(18-20-10-7-6-8-11-20)23(25(29)30)12-9-17-27(24,33-2)34-35(3,4)5/h6-8,10-11,13-16,23-24H,9,12,17-19H2,1-5H3/t23-,24+,27+/m0/s1. The molecule has 35 heavy (non-hydrogen) atoms. The van der Waals surface area contributed by atoms with Gasteiger partial charge in [0.15, 0.2) is 20.1 Å². The predicted octanol–water partition coefficient (Wildman–Crippen LogP) is 4.18. The van der Waals surface area contributed by atoms with Gasteiger partial charge in [-0.25, -0.2) is 0 Å². The van der Waals surface area contributed by atoms with Crippen LogP contribution < -0.4 is 4.74 Å². The molecule has 3 heterocycles. The minimum Gasteiger partial charge on any atom is -0.497 e. The lowest BCUT2D eigenvalue weighted by molar-refractivity contribution is -0.235. The lowest BCUT2D eigenvalue weighted by atomic mass is 9.86. The van der Waals surface area contributed by atoms with Gasteiger partial charge in [0, 0.05) is 26.6 Å². The third-order valence-corrected chi connectivity index (χ3v) is 7.68. The SMILES string of the molecule is COc1ccc(CN2C(=O)[C@@H]3CCC[C@@](OC)(O[Si](C)(C)C)[C@H]2C(=O)N3Cc2ccccc2)cc1. The summed E-state index contributed by atoms with van der Waals surface area (Å²) in [6.07, 6.45) is 1.87. The molecule has 2 aromatic rings. The molecule has 2 aromatic carbocycles. The van der Waals surface area contributed by atoms with Crippen LogP contribution in [0, 0.1) is 0 Å². The summed E-state index contributed by atoms with van der Waals surface area (Å²) in [5, 5.41) is 0. The summed E-state index contributed by atoms with van der Waals surface area (Å²) in [5.74, 6) is -0.620. The Morgan fingerprint density at radius 2 is 1.51 bits per heavy atom. The van der Waals surface area contributed by atoms with E-state index in [0.717, 1.165) is 23.3 Å². The maximum atomic E-state index is 14.2. The van der Waals surface area contributed by atoms with Crippen molar-refractivity contribution in [3.05, 3.63) is 65.7 Å². The largest absolute Gasteiger partial charge is 0.497 e. The molecular weight excluding hydrogens is 460 g/mol. The van der Waals surface area contributed by atoms with Crippen molar-refractivity contribution in [2.24, 2.45) is 0 Å². The summed E-state index contributed by atoms with van der Waals surface area (Å²) < 4.78 is 18.0. The fourth-order valence-electron chi connectivity index (χ4n) is 5.22. The van der Waals surface area contributed by atoms with Crippen molar-refractivity contribution in [3.63, 3.8) is 0 Å². The van der Waals surface area contributed by atoms with Gasteiger partial charge in [0.25, 0.3) is 5.91 Å². The minimum atomic E-state index is -2.15. The zero-order chi connectivity index (χ0) is 25.2. The Labute approximate surface area is 209 Å². The number of piperazine rings is 1. The Bertz CT molecular complexity index is 1040. The van der Waals surface area contributed by atoms with Gasteiger partial charge in [-0.05, 0) is 55.7 Å². The number of ether oxygens (including phenoxy) is 2. The van der Waals surface area contributed by atoms with Crippen molar-refractivity contribution in [2.45, 2.75) is 69.9 Å². The summed E-state index contributed by atoms with van der Waals surface area (Å²) >= 11 is 0. The van der Waals surface area contributed by atoms with Crippen LogP contribution in [0.4, 0.5) is 0 Å². The van der Waals surface area contributed by atoms with E-state index >= 15 is 0 Å². The highest BCUT2D eigenvalue weighted by Crippen LogP contribution is 2.40. The van der Waals surface area contributed by atoms with Crippen molar-refractivity contribution >= 4 is 20.1 Å². The normalized spacial score (nSPS) is 24.9. The highest BCUT2D eigenvalue weighted by atomic mass is 28.4. The fraction of sp³-hybridized carbons (Fsp3) is 0.481. The third kappa shape index (κ3) is 5.29. The van der Waals surface area contributed by atoms with Crippen LogP contribution in [0.1, 0.15) is 30.4 Å². The summed E-state index contributed by atoms with van der Waals surface area (Å²) in [6, 6.07) is 16.1. The molecule has 0 saturated carbocycles. The van der Waals surface area contributed by atoms with E-state index in [9.17, 15) is 9.59 Å². The Balaban J connectivity index is 1.77. The number of hydrogen-bond donors (Lipinski definition) is 0. The molecule has 3 fully saturated rings. The highest BCUT2D eigenvalue weighted by Gasteiger charge is 2.58. The van der Waals surface area contributed by atoms with Crippen LogP contribution in [0.5, 0.6) is 5.75 Å². The first-order chi connectivity index (χ1) is 16.7. The number of fused-ring (bicyclic) bond motifs is 5.